The van der Waals surface area contributed by atoms with Gasteiger partial charge in [0.2, 0.25) is 0 Å². The zero-order chi connectivity index (χ0) is 19.9. The molecule has 2 N–H and O–H groups in total. The lowest BCUT2D eigenvalue weighted by Crippen LogP contribution is -2.31. The number of pyridine rings is 1. The van der Waals surface area contributed by atoms with Gasteiger partial charge >= 0.3 is 0 Å². The number of carbonyl (C=O) groups is 1. The van der Waals surface area contributed by atoms with Gasteiger partial charge in [0.05, 0.1) is 0 Å². The van der Waals surface area contributed by atoms with Crippen molar-refractivity contribution in [3.05, 3.63) is 34.7 Å². The molecule has 4 heterocycles. The lowest BCUT2D eigenvalue weighted by Gasteiger charge is -2.20. The van der Waals surface area contributed by atoms with Crippen molar-refractivity contribution in [2.75, 3.05) is 31.7 Å². The zero-order valence-corrected chi connectivity index (χ0v) is 16.7. The maximum atomic E-state index is 10.8. The van der Waals surface area contributed by atoms with Crippen LogP contribution in [0.1, 0.15) is 33.9 Å². The molecular weight excluding hydrogens is 376 g/mol. The second kappa shape index (κ2) is 9.63. The van der Waals surface area contributed by atoms with Crippen LogP contribution in [-0.4, -0.2) is 61.7 Å². The number of fused-ring (bicyclic) bond motifs is 1. The minimum absolute atomic E-state index is 0.238. The molecule has 0 bridgehead atoms. The number of rotatable bonds is 4. The summed E-state index contributed by atoms with van der Waals surface area (Å²) in [6.07, 6.45) is 7.38. The number of aromatic nitrogens is 2. The van der Waals surface area contributed by atoms with Gasteiger partial charge in [-0.1, -0.05) is 11.3 Å². The van der Waals surface area contributed by atoms with Crippen LogP contribution in [0.3, 0.4) is 0 Å². The molecule has 148 valence electrons. The van der Waals surface area contributed by atoms with E-state index in [9.17, 15) is 4.79 Å². The van der Waals surface area contributed by atoms with E-state index in [2.05, 4.69) is 27.0 Å². The molecule has 0 atom stereocenters. The van der Waals surface area contributed by atoms with Gasteiger partial charge in [-0.3, -0.25) is 20.2 Å². The first-order chi connectivity index (χ1) is 13.7. The first kappa shape index (κ1) is 20.2. The number of ether oxygens (including phenoxy) is 1. The van der Waals surface area contributed by atoms with E-state index in [0.717, 1.165) is 42.2 Å². The van der Waals surface area contributed by atoms with Crippen molar-refractivity contribution in [3.8, 4) is 0 Å². The van der Waals surface area contributed by atoms with Gasteiger partial charge in [0, 0.05) is 43.9 Å². The Labute approximate surface area is 168 Å². The summed E-state index contributed by atoms with van der Waals surface area (Å²) in [5.74, 6) is 0.238. The normalized spacial score (nSPS) is 16.1. The number of hydrogen-bond acceptors (Lipinski definition) is 8. The number of carbonyl (C=O) groups excluding carboxylic acids is 1. The van der Waals surface area contributed by atoms with Crippen molar-refractivity contribution < 1.29 is 9.53 Å². The topological polar surface area (TPSA) is 104 Å². The Balaban J connectivity index is 0.000000236. The smallest absolute Gasteiger partial charge is 0.178 e. The van der Waals surface area contributed by atoms with Gasteiger partial charge in [-0.25, -0.2) is 4.98 Å². The van der Waals surface area contributed by atoms with Crippen molar-refractivity contribution in [1.29, 1.82) is 5.41 Å². The predicted octanol–water partition coefficient (Wildman–Crippen LogP) is 2.46. The molecule has 2 aromatic heterocycles. The molecule has 28 heavy (non-hydrogen) atoms. The lowest BCUT2D eigenvalue weighted by molar-refractivity contribution is 0.0799. The monoisotopic (exact) mass is 400 g/mol. The summed E-state index contributed by atoms with van der Waals surface area (Å²) < 4.78 is 5.16. The number of hydrogen-bond donors (Lipinski definition) is 2. The Morgan fingerprint density at radius 3 is 2.93 bits per heavy atom. The highest BCUT2D eigenvalue weighted by Gasteiger charge is 2.26. The van der Waals surface area contributed by atoms with Gasteiger partial charge in [-0.15, -0.1) is 0 Å². The van der Waals surface area contributed by atoms with Gasteiger partial charge in [0.1, 0.15) is 10.7 Å². The fourth-order valence-corrected chi connectivity index (χ4v) is 3.90. The van der Waals surface area contributed by atoms with E-state index in [-0.39, 0.29) is 5.84 Å². The molecule has 2 aromatic rings. The molecule has 2 aliphatic heterocycles. The maximum Gasteiger partial charge on any atom is 0.178 e. The van der Waals surface area contributed by atoms with Gasteiger partial charge in [-0.05, 0) is 44.7 Å². The van der Waals surface area contributed by atoms with Crippen LogP contribution in [0.25, 0.3) is 0 Å². The molecule has 0 aliphatic carbocycles. The van der Waals surface area contributed by atoms with Crippen LogP contribution >= 0.6 is 11.3 Å². The summed E-state index contributed by atoms with van der Waals surface area (Å²) in [6.45, 7) is 6.04. The molecule has 1 fully saturated rings. The number of aldehydes is 1. The number of nitrogens with one attached hydrogen (secondary N) is 2. The average Bonchev–Trinajstić information content (AvgIpc) is 3.38. The highest BCUT2D eigenvalue weighted by atomic mass is 32.1. The molecule has 9 heteroatoms. The van der Waals surface area contributed by atoms with E-state index >= 15 is 0 Å². The second-order valence-electron chi connectivity index (χ2n) is 6.41. The molecule has 0 aromatic carbocycles. The van der Waals surface area contributed by atoms with Crippen molar-refractivity contribution in [1.82, 2.24) is 15.3 Å². The summed E-state index contributed by atoms with van der Waals surface area (Å²) in [4.78, 5) is 24.8. The zero-order valence-electron chi connectivity index (χ0n) is 15.9. The number of anilines is 1. The average molecular weight is 401 g/mol. The quantitative estimate of drug-likeness (QED) is 0.464. The van der Waals surface area contributed by atoms with Crippen LogP contribution in [0.5, 0.6) is 0 Å². The first-order valence-electron chi connectivity index (χ1n) is 9.15. The fourth-order valence-electron chi connectivity index (χ4n) is 3.21. The minimum atomic E-state index is 0.238. The van der Waals surface area contributed by atoms with Crippen LogP contribution in [0, 0.1) is 5.41 Å². The molecule has 8 nitrogen and oxygen atoms in total. The Morgan fingerprint density at radius 2 is 2.29 bits per heavy atom. The number of amidine groups is 1. The van der Waals surface area contributed by atoms with Gasteiger partial charge < -0.3 is 15.0 Å². The van der Waals surface area contributed by atoms with Crippen LogP contribution in [0.15, 0.2) is 23.5 Å². The van der Waals surface area contributed by atoms with Crippen molar-refractivity contribution in [2.24, 2.45) is 4.99 Å². The van der Waals surface area contributed by atoms with E-state index in [1.165, 1.54) is 12.8 Å². The van der Waals surface area contributed by atoms with E-state index in [4.69, 9.17) is 10.1 Å². The van der Waals surface area contributed by atoms with Crippen LogP contribution < -0.4 is 10.2 Å². The number of nitrogens with zero attached hydrogens (tertiary/aromatic N) is 4. The number of thiazole rings is 1. The van der Waals surface area contributed by atoms with E-state index in [0.29, 0.717) is 34.6 Å². The number of aliphatic imine (C=N–C) groups is 1. The third kappa shape index (κ3) is 4.49. The van der Waals surface area contributed by atoms with Gasteiger partial charge in [-0.2, -0.15) is 0 Å². The summed E-state index contributed by atoms with van der Waals surface area (Å²) in [6, 6.07) is 2.59. The maximum absolute atomic E-state index is 10.8. The molecule has 0 amide bonds. The van der Waals surface area contributed by atoms with Crippen LogP contribution in [0.2, 0.25) is 0 Å². The van der Waals surface area contributed by atoms with Crippen LogP contribution in [-0.2, 0) is 11.2 Å². The molecule has 0 radical (unpaired) electrons. The molecular formula is C19H24N6O2S. The molecule has 0 saturated carbocycles. The lowest BCUT2D eigenvalue weighted by atomic mass is 10.1. The third-order valence-electron chi connectivity index (χ3n) is 4.77. The van der Waals surface area contributed by atoms with Crippen molar-refractivity contribution in [2.45, 2.75) is 25.3 Å². The van der Waals surface area contributed by atoms with Crippen LogP contribution in [0.4, 0.5) is 10.7 Å². The fraction of sp³-hybridized carbons (Fsp3) is 0.421. The Kier molecular flexibility index (Phi) is 6.96. The van der Waals surface area contributed by atoms with Gasteiger partial charge in [0.25, 0.3) is 0 Å². The Morgan fingerprint density at radius 1 is 1.50 bits per heavy atom. The van der Waals surface area contributed by atoms with E-state index in [1.807, 2.05) is 24.2 Å². The minimum Gasteiger partial charge on any atom is -0.381 e. The molecule has 1 saturated heterocycles. The molecule has 2 aliphatic rings. The van der Waals surface area contributed by atoms with Crippen molar-refractivity contribution >= 4 is 40.9 Å². The van der Waals surface area contributed by atoms with E-state index < -0.39 is 0 Å². The SMILES string of the molecule is C=Nc1sc(C=O)nc1C(=N)N1CCc2cnccc21.CNC1CCOCC1. The van der Waals surface area contributed by atoms with E-state index in [1.54, 1.807) is 6.20 Å². The standard InChI is InChI=1S/C13H11N5OS.C6H13NO/c1-15-13-11(17-10(7-19)20-13)12(14)18-5-3-8-6-16-4-2-9(8)18;1-7-6-2-4-8-5-3-6/h2,4,6-7,14H,1,3,5H2;6-7H,2-5H2,1H3. The summed E-state index contributed by atoms with van der Waals surface area (Å²) in [5, 5.41) is 12.4. The predicted molar refractivity (Wildman–Crippen MR) is 112 cm³/mol. The molecule has 4 rings (SSSR count). The summed E-state index contributed by atoms with van der Waals surface area (Å²) in [5.41, 5.74) is 2.47. The highest BCUT2D eigenvalue weighted by molar-refractivity contribution is 7.17. The van der Waals surface area contributed by atoms with Crippen molar-refractivity contribution in [3.63, 3.8) is 0 Å². The molecule has 0 unspecified atom stereocenters. The highest BCUT2D eigenvalue weighted by Crippen LogP contribution is 2.32. The third-order valence-corrected chi connectivity index (χ3v) is 5.68. The Hall–Kier alpha value is -2.49. The molecule has 0 spiro atoms. The first-order valence-corrected chi connectivity index (χ1v) is 9.96. The largest absolute Gasteiger partial charge is 0.381 e. The Bertz CT molecular complexity index is 847. The second-order valence-corrected chi connectivity index (χ2v) is 7.42. The summed E-state index contributed by atoms with van der Waals surface area (Å²) in [7, 11) is 2.01. The van der Waals surface area contributed by atoms with Gasteiger partial charge in [0.15, 0.2) is 17.1 Å². The summed E-state index contributed by atoms with van der Waals surface area (Å²) >= 11 is 1.14.